The summed E-state index contributed by atoms with van der Waals surface area (Å²) in [6.45, 7) is 0. The zero-order valence-electron chi connectivity index (χ0n) is 6.95. The van der Waals surface area contributed by atoms with Crippen molar-refractivity contribution in [3.05, 3.63) is 35.8 Å². The van der Waals surface area contributed by atoms with Gasteiger partial charge >= 0.3 is 0 Å². The van der Waals surface area contributed by atoms with Gasteiger partial charge < -0.3 is 4.74 Å². The molecule has 3 rings (SSSR count). The highest BCUT2D eigenvalue weighted by molar-refractivity contribution is 8.02. The van der Waals surface area contributed by atoms with Crippen LogP contribution in [0, 0.1) is 0 Å². The van der Waals surface area contributed by atoms with Gasteiger partial charge in [-0.3, -0.25) is 4.79 Å². The second-order valence-corrected chi connectivity index (χ2v) is 4.63. The molecule has 0 aromatic carbocycles. The Morgan fingerprint density at radius 2 is 2.46 bits per heavy atom. The minimum absolute atomic E-state index is 0.147. The number of Topliss-reactive ketones (excluding diaryl/α,β-unsaturated/α-hetero) is 1. The Balaban J connectivity index is 2.15. The van der Waals surface area contributed by atoms with Crippen molar-refractivity contribution in [3.8, 4) is 0 Å². The minimum atomic E-state index is -0.147. The first-order valence-corrected chi connectivity index (χ1v) is 5.23. The van der Waals surface area contributed by atoms with Gasteiger partial charge in [-0.15, -0.1) is 11.8 Å². The van der Waals surface area contributed by atoms with E-state index in [0.717, 1.165) is 17.8 Å². The summed E-state index contributed by atoms with van der Waals surface area (Å²) in [5.74, 6) is 1.75. The van der Waals surface area contributed by atoms with Crippen molar-refractivity contribution in [1.29, 1.82) is 0 Å². The zero-order valence-corrected chi connectivity index (χ0v) is 7.76. The molecule has 1 aliphatic carbocycles. The summed E-state index contributed by atoms with van der Waals surface area (Å²) in [5, 5.41) is 0. The molecule has 0 amide bonds. The molecular weight excluding hydrogens is 184 g/mol. The first-order valence-electron chi connectivity index (χ1n) is 4.25. The average Bonchev–Trinajstić information content (AvgIpc) is 2.65. The molecule has 3 aliphatic rings. The SMILES string of the molecule is O=C1CSC23CC=CC=C2OC=C13. The second kappa shape index (κ2) is 2.29. The second-order valence-electron chi connectivity index (χ2n) is 3.35. The molecule has 1 unspecified atom stereocenters. The fraction of sp³-hybridized carbons (Fsp3) is 0.300. The first kappa shape index (κ1) is 7.44. The Hall–Kier alpha value is -0.960. The lowest BCUT2D eigenvalue weighted by Gasteiger charge is -2.25. The monoisotopic (exact) mass is 192 g/mol. The molecule has 1 saturated heterocycles. The molecule has 0 saturated carbocycles. The Morgan fingerprint density at radius 3 is 3.38 bits per heavy atom. The lowest BCUT2D eigenvalue weighted by atomic mass is 9.90. The van der Waals surface area contributed by atoms with Crippen LogP contribution in [-0.4, -0.2) is 16.3 Å². The van der Waals surface area contributed by atoms with Gasteiger partial charge in [-0.05, 0) is 12.5 Å². The summed E-state index contributed by atoms with van der Waals surface area (Å²) < 4.78 is 5.24. The summed E-state index contributed by atoms with van der Waals surface area (Å²) in [4.78, 5) is 11.5. The molecule has 0 radical (unpaired) electrons. The van der Waals surface area contributed by atoms with Crippen LogP contribution in [0.5, 0.6) is 0 Å². The van der Waals surface area contributed by atoms with E-state index in [1.165, 1.54) is 0 Å². The van der Waals surface area contributed by atoms with Gasteiger partial charge in [0.05, 0.1) is 17.6 Å². The summed E-state index contributed by atoms with van der Waals surface area (Å²) in [6.07, 6.45) is 8.55. The number of carbonyl (C=O) groups excluding carboxylic acids is 1. The molecule has 1 spiro atoms. The van der Waals surface area contributed by atoms with Crippen LogP contribution in [0.3, 0.4) is 0 Å². The molecule has 66 valence electrons. The fourth-order valence-electron chi connectivity index (χ4n) is 1.98. The predicted octanol–water partition coefficient (Wildman–Crippen LogP) is 1.80. The summed E-state index contributed by atoms with van der Waals surface area (Å²) >= 11 is 1.69. The molecule has 3 heteroatoms. The molecule has 2 heterocycles. The van der Waals surface area contributed by atoms with Crippen LogP contribution in [0.25, 0.3) is 0 Å². The third-order valence-corrected chi connectivity index (χ3v) is 4.16. The van der Waals surface area contributed by atoms with Crippen LogP contribution in [-0.2, 0) is 9.53 Å². The molecular formula is C10H8O2S. The van der Waals surface area contributed by atoms with Gasteiger partial charge in [0.15, 0.2) is 5.78 Å². The summed E-state index contributed by atoms with van der Waals surface area (Å²) in [7, 11) is 0. The van der Waals surface area contributed by atoms with Crippen LogP contribution in [0.4, 0.5) is 0 Å². The number of hydrogen-bond donors (Lipinski definition) is 0. The maximum Gasteiger partial charge on any atom is 0.173 e. The van der Waals surface area contributed by atoms with Crippen LogP contribution in [0.1, 0.15) is 6.42 Å². The number of ether oxygens (including phenoxy) is 1. The molecule has 2 aliphatic heterocycles. The maximum absolute atomic E-state index is 11.5. The predicted molar refractivity (Wildman–Crippen MR) is 51.2 cm³/mol. The van der Waals surface area contributed by atoms with Gasteiger partial charge in [0.1, 0.15) is 10.5 Å². The Labute approximate surface area is 80.3 Å². The highest BCUT2D eigenvalue weighted by Gasteiger charge is 2.51. The van der Waals surface area contributed by atoms with Crippen molar-refractivity contribution < 1.29 is 9.53 Å². The average molecular weight is 192 g/mol. The molecule has 0 N–H and O–H groups in total. The van der Waals surface area contributed by atoms with E-state index in [2.05, 4.69) is 6.08 Å². The van der Waals surface area contributed by atoms with Gasteiger partial charge in [-0.25, -0.2) is 0 Å². The van der Waals surface area contributed by atoms with Crippen molar-refractivity contribution in [2.75, 3.05) is 5.75 Å². The number of thioether (sulfide) groups is 1. The molecule has 13 heavy (non-hydrogen) atoms. The van der Waals surface area contributed by atoms with E-state index < -0.39 is 0 Å². The first-order chi connectivity index (χ1) is 6.33. The molecule has 0 aromatic heterocycles. The van der Waals surface area contributed by atoms with Gasteiger partial charge in [-0.1, -0.05) is 12.2 Å². The van der Waals surface area contributed by atoms with Crippen molar-refractivity contribution in [1.82, 2.24) is 0 Å². The summed E-state index contributed by atoms with van der Waals surface area (Å²) in [5.41, 5.74) is 0.855. The number of carbonyl (C=O) groups is 1. The molecule has 1 fully saturated rings. The molecule has 2 nitrogen and oxygen atoms in total. The number of ketones is 1. The van der Waals surface area contributed by atoms with E-state index in [-0.39, 0.29) is 10.5 Å². The number of hydrogen-bond acceptors (Lipinski definition) is 3. The highest BCUT2D eigenvalue weighted by atomic mass is 32.2. The topological polar surface area (TPSA) is 26.3 Å². The van der Waals surface area contributed by atoms with E-state index in [1.54, 1.807) is 18.0 Å². The van der Waals surface area contributed by atoms with Crippen LogP contribution < -0.4 is 0 Å². The van der Waals surface area contributed by atoms with Crippen molar-refractivity contribution >= 4 is 17.5 Å². The van der Waals surface area contributed by atoms with Gasteiger partial charge in [0.2, 0.25) is 0 Å². The molecule has 1 atom stereocenters. The van der Waals surface area contributed by atoms with Crippen LogP contribution in [0.15, 0.2) is 35.8 Å². The largest absolute Gasteiger partial charge is 0.467 e. The van der Waals surface area contributed by atoms with Crippen molar-refractivity contribution in [2.45, 2.75) is 11.2 Å². The van der Waals surface area contributed by atoms with E-state index >= 15 is 0 Å². The molecule has 0 aromatic rings. The number of rotatable bonds is 0. The standard InChI is InChI=1S/C10H8O2S/c11-8-6-13-10-4-2-1-3-9(10)12-5-7(8)10/h1-3,5H,4,6H2. The fourth-order valence-corrected chi connectivity index (χ4v) is 3.31. The van der Waals surface area contributed by atoms with Crippen LogP contribution >= 0.6 is 11.8 Å². The normalized spacial score (nSPS) is 34.9. The number of allylic oxidation sites excluding steroid dienone is 3. The summed E-state index contributed by atoms with van der Waals surface area (Å²) in [6, 6.07) is 0. The third-order valence-electron chi connectivity index (χ3n) is 2.68. The highest BCUT2D eigenvalue weighted by Crippen LogP contribution is 2.53. The van der Waals surface area contributed by atoms with Gasteiger partial charge in [0, 0.05) is 0 Å². The smallest absolute Gasteiger partial charge is 0.173 e. The van der Waals surface area contributed by atoms with E-state index in [0.29, 0.717) is 5.75 Å². The van der Waals surface area contributed by atoms with Crippen LogP contribution in [0.2, 0.25) is 0 Å². The lowest BCUT2D eigenvalue weighted by molar-refractivity contribution is -0.113. The van der Waals surface area contributed by atoms with E-state index in [1.807, 2.05) is 12.2 Å². The lowest BCUT2D eigenvalue weighted by Crippen LogP contribution is -2.25. The molecule has 0 bridgehead atoms. The van der Waals surface area contributed by atoms with Crippen molar-refractivity contribution in [3.63, 3.8) is 0 Å². The van der Waals surface area contributed by atoms with E-state index in [4.69, 9.17) is 4.74 Å². The quantitative estimate of drug-likeness (QED) is 0.585. The van der Waals surface area contributed by atoms with Gasteiger partial charge in [0.25, 0.3) is 0 Å². The maximum atomic E-state index is 11.5. The van der Waals surface area contributed by atoms with E-state index in [9.17, 15) is 4.79 Å². The Bertz CT molecular complexity index is 378. The Morgan fingerprint density at radius 1 is 1.54 bits per heavy atom. The zero-order chi connectivity index (χ0) is 8.89. The van der Waals surface area contributed by atoms with Gasteiger partial charge in [-0.2, -0.15) is 0 Å². The minimum Gasteiger partial charge on any atom is -0.467 e. The third kappa shape index (κ3) is 0.779. The Kier molecular flexibility index (Phi) is 1.31. The van der Waals surface area contributed by atoms with Crippen molar-refractivity contribution in [2.24, 2.45) is 0 Å².